The molecule has 1 saturated heterocycles. The molecule has 1 fully saturated rings. The number of aryl methyl sites for hydroxylation is 1. The molecule has 1 aromatic carbocycles. The van der Waals surface area contributed by atoms with E-state index in [1.807, 2.05) is 18.2 Å². The number of para-hydroxylation sites is 2. The Bertz CT molecular complexity index is 799. The number of hydrogen-bond donors (Lipinski definition) is 0. The molecule has 0 spiro atoms. The number of hydrogen-bond acceptors (Lipinski definition) is 4. The van der Waals surface area contributed by atoms with Crippen molar-refractivity contribution in [2.45, 2.75) is 18.9 Å². The zero-order chi connectivity index (χ0) is 15.6. The van der Waals surface area contributed by atoms with Crippen LogP contribution in [-0.2, 0) is 7.05 Å². The Kier molecular flexibility index (Phi) is 3.61. The van der Waals surface area contributed by atoms with Crippen LogP contribution in [0.1, 0.15) is 12.8 Å². The highest BCUT2D eigenvalue weighted by molar-refractivity contribution is 5.78. The van der Waals surface area contributed by atoms with Gasteiger partial charge in [0.15, 0.2) is 0 Å². The van der Waals surface area contributed by atoms with E-state index in [4.69, 9.17) is 9.72 Å². The van der Waals surface area contributed by atoms with E-state index in [1.54, 1.807) is 12.4 Å². The van der Waals surface area contributed by atoms with E-state index >= 15 is 0 Å². The molecular weight excluding hydrogens is 288 g/mol. The summed E-state index contributed by atoms with van der Waals surface area (Å²) in [5, 5.41) is 0. The fourth-order valence-electron chi connectivity index (χ4n) is 3.24. The van der Waals surface area contributed by atoms with E-state index in [0.29, 0.717) is 0 Å². The molecule has 118 valence electrons. The first-order valence-electron chi connectivity index (χ1n) is 8.04. The van der Waals surface area contributed by atoms with Gasteiger partial charge in [0, 0.05) is 19.8 Å². The van der Waals surface area contributed by atoms with Crippen molar-refractivity contribution in [3.05, 3.63) is 48.8 Å². The molecule has 1 aliphatic heterocycles. The van der Waals surface area contributed by atoms with Crippen LogP contribution < -0.4 is 9.64 Å². The Morgan fingerprint density at radius 2 is 2.09 bits per heavy atom. The third-order valence-electron chi connectivity index (χ3n) is 4.36. The maximum atomic E-state index is 6.08. The molecule has 0 N–H and O–H groups in total. The van der Waals surface area contributed by atoms with Crippen LogP contribution in [0.2, 0.25) is 0 Å². The van der Waals surface area contributed by atoms with Gasteiger partial charge in [-0.25, -0.2) is 4.98 Å². The molecule has 23 heavy (non-hydrogen) atoms. The Balaban J connectivity index is 1.55. The van der Waals surface area contributed by atoms with Crippen molar-refractivity contribution in [3.63, 3.8) is 0 Å². The van der Waals surface area contributed by atoms with E-state index in [1.165, 1.54) is 0 Å². The lowest BCUT2D eigenvalue weighted by Crippen LogP contribution is -2.42. The van der Waals surface area contributed by atoms with Crippen LogP contribution in [0.3, 0.4) is 0 Å². The summed E-state index contributed by atoms with van der Waals surface area (Å²) in [5.74, 6) is 1.86. The number of nitrogens with zero attached hydrogens (tertiary/aromatic N) is 4. The minimum Gasteiger partial charge on any atom is -0.487 e. The second-order valence-corrected chi connectivity index (χ2v) is 5.98. The van der Waals surface area contributed by atoms with Gasteiger partial charge in [-0.1, -0.05) is 12.1 Å². The normalized spacial score (nSPS) is 18.3. The first-order valence-corrected chi connectivity index (χ1v) is 8.04. The van der Waals surface area contributed by atoms with Gasteiger partial charge >= 0.3 is 0 Å². The molecule has 5 nitrogen and oxygen atoms in total. The van der Waals surface area contributed by atoms with Gasteiger partial charge in [-0.2, -0.15) is 0 Å². The van der Waals surface area contributed by atoms with Gasteiger partial charge < -0.3 is 14.2 Å². The van der Waals surface area contributed by atoms with E-state index < -0.39 is 0 Å². The number of fused-ring (bicyclic) bond motifs is 1. The quantitative estimate of drug-likeness (QED) is 0.746. The van der Waals surface area contributed by atoms with Crippen LogP contribution >= 0.6 is 0 Å². The molecule has 2 aromatic heterocycles. The Labute approximate surface area is 135 Å². The molecule has 1 aliphatic rings. The molecule has 0 saturated carbocycles. The van der Waals surface area contributed by atoms with Gasteiger partial charge in [0.2, 0.25) is 5.95 Å². The number of rotatable bonds is 3. The topological polar surface area (TPSA) is 43.2 Å². The summed E-state index contributed by atoms with van der Waals surface area (Å²) in [4.78, 5) is 11.2. The molecule has 0 bridgehead atoms. The lowest BCUT2D eigenvalue weighted by Gasteiger charge is -2.33. The highest BCUT2D eigenvalue weighted by Gasteiger charge is 2.24. The lowest BCUT2D eigenvalue weighted by atomic mass is 10.1. The number of ether oxygens (including phenoxy) is 1. The van der Waals surface area contributed by atoms with Crippen LogP contribution in [0.4, 0.5) is 5.95 Å². The predicted octanol–water partition coefficient (Wildman–Crippen LogP) is 3.02. The average molecular weight is 308 g/mol. The SMILES string of the molecule is Cn1c(N2CCCC(Oc3cccnc3)C2)nc2ccccc21. The van der Waals surface area contributed by atoms with Crippen LogP contribution in [-0.4, -0.2) is 33.7 Å². The fourth-order valence-corrected chi connectivity index (χ4v) is 3.24. The number of imidazole rings is 1. The smallest absolute Gasteiger partial charge is 0.206 e. The first kappa shape index (κ1) is 14.1. The van der Waals surface area contributed by atoms with E-state index in [9.17, 15) is 0 Å². The lowest BCUT2D eigenvalue weighted by molar-refractivity contribution is 0.178. The number of pyridine rings is 1. The third-order valence-corrected chi connectivity index (χ3v) is 4.36. The number of aromatic nitrogens is 3. The summed E-state index contributed by atoms with van der Waals surface area (Å²) >= 11 is 0. The molecule has 3 aromatic rings. The molecule has 5 heteroatoms. The second-order valence-electron chi connectivity index (χ2n) is 5.98. The molecular formula is C18H20N4O. The van der Waals surface area contributed by atoms with E-state index in [2.05, 4.69) is 39.7 Å². The van der Waals surface area contributed by atoms with E-state index in [-0.39, 0.29) is 6.10 Å². The van der Waals surface area contributed by atoms with Crippen LogP contribution in [0.25, 0.3) is 11.0 Å². The average Bonchev–Trinajstić information content (AvgIpc) is 2.93. The summed E-state index contributed by atoms with van der Waals surface area (Å²) in [6.45, 7) is 1.87. The Hall–Kier alpha value is -2.56. The molecule has 3 heterocycles. The maximum absolute atomic E-state index is 6.08. The van der Waals surface area contributed by atoms with Crippen molar-refractivity contribution < 1.29 is 4.74 Å². The second kappa shape index (κ2) is 5.91. The van der Waals surface area contributed by atoms with Crippen molar-refractivity contribution in [2.24, 2.45) is 7.05 Å². The molecule has 0 amide bonds. The molecule has 4 rings (SSSR count). The van der Waals surface area contributed by atoms with Crippen molar-refractivity contribution in [1.82, 2.24) is 14.5 Å². The number of benzene rings is 1. The van der Waals surface area contributed by atoms with Gasteiger partial charge in [-0.3, -0.25) is 4.98 Å². The zero-order valence-electron chi connectivity index (χ0n) is 13.2. The summed E-state index contributed by atoms with van der Waals surface area (Å²) in [6, 6.07) is 12.1. The highest BCUT2D eigenvalue weighted by Crippen LogP contribution is 2.25. The molecule has 1 unspecified atom stereocenters. The number of anilines is 1. The largest absolute Gasteiger partial charge is 0.487 e. The van der Waals surface area contributed by atoms with Gasteiger partial charge in [-0.15, -0.1) is 0 Å². The predicted molar refractivity (Wildman–Crippen MR) is 90.8 cm³/mol. The monoisotopic (exact) mass is 308 g/mol. The van der Waals surface area contributed by atoms with Crippen molar-refractivity contribution >= 4 is 17.0 Å². The summed E-state index contributed by atoms with van der Waals surface area (Å²) in [6.07, 6.45) is 5.88. The zero-order valence-corrected chi connectivity index (χ0v) is 13.2. The van der Waals surface area contributed by atoms with Crippen LogP contribution in [0, 0.1) is 0 Å². The Morgan fingerprint density at radius 1 is 1.17 bits per heavy atom. The van der Waals surface area contributed by atoms with Crippen molar-refractivity contribution in [2.75, 3.05) is 18.0 Å². The van der Waals surface area contributed by atoms with Gasteiger partial charge in [0.25, 0.3) is 0 Å². The molecule has 0 aliphatic carbocycles. The maximum Gasteiger partial charge on any atom is 0.206 e. The van der Waals surface area contributed by atoms with Crippen LogP contribution in [0.15, 0.2) is 48.8 Å². The minimum atomic E-state index is 0.174. The first-order chi connectivity index (χ1) is 11.3. The summed E-state index contributed by atoms with van der Waals surface area (Å²) in [7, 11) is 2.08. The molecule has 1 atom stereocenters. The fraction of sp³-hybridized carbons (Fsp3) is 0.333. The van der Waals surface area contributed by atoms with Gasteiger partial charge in [0.1, 0.15) is 11.9 Å². The van der Waals surface area contributed by atoms with Crippen LogP contribution in [0.5, 0.6) is 5.75 Å². The van der Waals surface area contributed by atoms with Gasteiger partial charge in [0.05, 0.1) is 23.8 Å². The minimum absolute atomic E-state index is 0.174. The van der Waals surface area contributed by atoms with E-state index in [0.717, 1.165) is 48.7 Å². The highest BCUT2D eigenvalue weighted by atomic mass is 16.5. The van der Waals surface area contributed by atoms with Gasteiger partial charge in [-0.05, 0) is 37.1 Å². The standard InChI is InChI=1S/C18H20N4O/c1-21-17-9-3-2-8-16(17)20-18(21)22-11-5-7-15(13-22)23-14-6-4-10-19-12-14/h2-4,6,8-10,12,15H,5,7,11,13H2,1H3. The van der Waals surface area contributed by atoms with Crippen molar-refractivity contribution in [1.29, 1.82) is 0 Å². The van der Waals surface area contributed by atoms with Crippen molar-refractivity contribution in [3.8, 4) is 5.75 Å². The number of piperidine rings is 1. The third kappa shape index (κ3) is 2.74. The molecule has 0 radical (unpaired) electrons. The Morgan fingerprint density at radius 3 is 2.91 bits per heavy atom. The summed E-state index contributed by atoms with van der Waals surface area (Å²) < 4.78 is 8.25. The summed E-state index contributed by atoms with van der Waals surface area (Å²) in [5.41, 5.74) is 2.21.